The van der Waals surface area contributed by atoms with Crippen LogP contribution in [-0.4, -0.2) is 12.6 Å². The third kappa shape index (κ3) is 1.77. The zero-order chi connectivity index (χ0) is 11.0. The molecule has 5 heteroatoms. The van der Waals surface area contributed by atoms with Gasteiger partial charge in [-0.1, -0.05) is 17.7 Å². The monoisotopic (exact) mass is 228 g/mol. The van der Waals surface area contributed by atoms with Crippen molar-refractivity contribution in [3.63, 3.8) is 0 Å². The van der Waals surface area contributed by atoms with Crippen LogP contribution in [0.1, 0.15) is 17.2 Å². The normalized spacial score (nSPS) is 19.9. The van der Waals surface area contributed by atoms with Crippen LogP contribution >= 0.6 is 11.6 Å². The molecule has 1 heterocycles. The molecule has 0 unspecified atom stereocenters. The van der Waals surface area contributed by atoms with Crippen molar-refractivity contribution in [2.45, 2.75) is 13.0 Å². The first-order chi connectivity index (χ1) is 7.09. The molecule has 1 aromatic rings. The number of nitrogens with one attached hydrogen (secondary N) is 2. The molecule has 15 heavy (non-hydrogen) atoms. The number of hydrogen-bond donors (Lipinski definition) is 2. The lowest BCUT2D eigenvalue weighted by atomic mass is 10.0. The Morgan fingerprint density at radius 2 is 2.27 bits per heavy atom. The van der Waals surface area contributed by atoms with Crippen molar-refractivity contribution in [2.75, 3.05) is 6.54 Å². The van der Waals surface area contributed by atoms with E-state index in [1.165, 1.54) is 0 Å². The molecule has 0 bridgehead atoms. The number of aryl methyl sites for hydroxylation is 1. The third-order valence-electron chi connectivity index (χ3n) is 2.44. The van der Waals surface area contributed by atoms with E-state index in [1.807, 2.05) is 0 Å². The van der Waals surface area contributed by atoms with Gasteiger partial charge in [0.2, 0.25) is 0 Å². The summed E-state index contributed by atoms with van der Waals surface area (Å²) in [7, 11) is 0. The van der Waals surface area contributed by atoms with Crippen molar-refractivity contribution in [2.24, 2.45) is 0 Å². The highest BCUT2D eigenvalue weighted by atomic mass is 35.5. The molecule has 2 rings (SSSR count). The summed E-state index contributed by atoms with van der Waals surface area (Å²) in [6.45, 7) is 2.03. The van der Waals surface area contributed by atoms with Gasteiger partial charge >= 0.3 is 6.03 Å². The van der Waals surface area contributed by atoms with Gasteiger partial charge in [-0.25, -0.2) is 9.18 Å². The molecular formula is C10H10ClFN2O. The van der Waals surface area contributed by atoms with Crippen molar-refractivity contribution in [3.05, 3.63) is 34.1 Å². The third-order valence-corrected chi connectivity index (χ3v) is 2.77. The Kier molecular flexibility index (Phi) is 2.52. The van der Waals surface area contributed by atoms with Crippen molar-refractivity contribution in [1.82, 2.24) is 10.6 Å². The van der Waals surface area contributed by atoms with Gasteiger partial charge in [0.1, 0.15) is 5.82 Å². The number of halogens is 2. The topological polar surface area (TPSA) is 41.1 Å². The highest BCUT2D eigenvalue weighted by molar-refractivity contribution is 6.31. The molecule has 3 nitrogen and oxygen atoms in total. The van der Waals surface area contributed by atoms with Crippen molar-refractivity contribution < 1.29 is 9.18 Å². The van der Waals surface area contributed by atoms with E-state index in [0.29, 0.717) is 22.7 Å². The first-order valence-corrected chi connectivity index (χ1v) is 4.96. The lowest BCUT2D eigenvalue weighted by molar-refractivity contribution is 0.247. The van der Waals surface area contributed by atoms with E-state index in [1.54, 1.807) is 19.1 Å². The predicted octanol–water partition coefficient (Wildman–Crippen LogP) is 2.14. The predicted molar refractivity (Wildman–Crippen MR) is 55.4 cm³/mol. The molecular weight excluding hydrogens is 219 g/mol. The van der Waals surface area contributed by atoms with Gasteiger partial charge < -0.3 is 10.6 Å². The molecule has 80 valence electrons. The highest BCUT2D eigenvalue weighted by Crippen LogP contribution is 2.28. The van der Waals surface area contributed by atoms with E-state index in [-0.39, 0.29) is 17.9 Å². The van der Waals surface area contributed by atoms with Crippen LogP contribution in [-0.2, 0) is 0 Å². The van der Waals surface area contributed by atoms with Crippen LogP contribution in [0.25, 0.3) is 0 Å². The summed E-state index contributed by atoms with van der Waals surface area (Å²) < 4.78 is 13.8. The van der Waals surface area contributed by atoms with Gasteiger partial charge in [0, 0.05) is 17.1 Å². The maximum absolute atomic E-state index is 13.8. The van der Waals surface area contributed by atoms with Crippen LogP contribution in [0.5, 0.6) is 0 Å². The second kappa shape index (κ2) is 3.70. The quantitative estimate of drug-likeness (QED) is 0.760. The van der Waals surface area contributed by atoms with Gasteiger partial charge in [0.25, 0.3) is 0 Å². The van der Waals surface area contributed by atoms with Crippen LogP contribution in [0.3, 0.4) is 0 Å². The molecule has 1 aliphatic rings. The fourth-order valence-electron chi connectivity index (χ4n) is 1.63. The largest absolute Gasteiger partial charge is 0.336 e. The fraction of sp³-hybridized carbons (Fsp3) is 0.300. The van der Waals surface area contributed by atoms with Crippen LogP contribution < -0.4 is 10.6 Å². The lowest BCUT2D eigenvalue weighted by Crippen LogP contribution is -2.22. The summed E-state index contributed by atoms with van der Waals surface area (Å²) in [6, 6.07) is 2.58. The van der Waals surface area contributed by atoms with Gasteiger partial charge in [-0.15, -0.1) is 0 Å². The zero-order valence-corrected chi connectivity index (χ0v) is 8.86. The maximum Gasteiger partial charge on any atom is 0.315 e. The average molecular weight is 229 g/mol. The number of amides is 2. The summed E-state index contributed by atoms with van der Waals surface area (Å²) in [5.41, 5.74) is 0.880. The zero-order valence-electron chi connectivity index (χ0n) is 8.10. The van der Waals surface area contributed by atoms with Gasteiger partial charge in [-0.2, -0.15) is 0 Å². The number of rotatable bonds is 1. The first kappa shape index (κ1) is 10.2. The average Bonchev–Trinajstić information content (AvgIpc) is 2.59. The van der Waals surface area contributed by atoms with Gasteiger partial charge in [0.05, 0.1) is 6.04 Å². The fourth-order valence-corrected chi connectivity index (χ4v) is 1.90. The second-order valence-corrected chi connectivity index (χ2v) is 3.91. The molecule has 0 radical (unpaired) electrons. The van der Waals surface area contributed by atoms with Gasteiger partial charge in [0.15, 0.2) is 0 Å². The molecule has 1 aromatic carbocycles. The minimum Gasteiger partial charge on any atom is -0.336 e. The van der Waals surface area contributed by atoms with E-state index in [2.05, 4.69) is 10.6 Å². The Bertz CT molecular complexity index is 422. The van der Waals surface area contributed by atoms with Gasteiger partial charge in [-0.3, -0.25) is 0 Å². The number of carbonyl (C=O) groups excluding carboxylic acids is 1. The minimum atomic E-state index is -0.384. The van der Waals surface area contributed by atoms with E-state index in [0.717, 1.165) is 0 Å². The van der Waals surface area contributed by atoms with Crippen LogP contribution in [0.2, 0.25) is 5.02 Å². The molecule has 2 N–H and O–H groups in total. The van der Waals surface area contributed by atoms with Crippen molar-refractivity contribution >= 4 is 17.6 Å². The molecule has 1 aliphatic heterocycles. The Morgan fingerprint density at radius 1 is 1.53 bits per heavy atom. The smallest absolute Gasteiger partial charge is 0.315 e. The summed E-state index contributed by atoms with van der Waals surface area (Å²) in [6.07, 6.45) is 0. The molecule has 1 saturated heterocycles. The molecule has 2 amide bonds. The number of hydrogen-bond acceptors (Lipinski definition) is 1. The maximum atomic E-state index is 13.8. The van der Waals surface area contributed by atoms with Crippen LogP contribution in [0.15, 0.2) is 12.1 Å². The number of benzene rings is 1. The summed E-state index contributed by atoms with van der Waals surface area (Å²) in [5, 5.41) is 5.51. The number of urea groups is 1. The Morgan fingerprint density at radius 3 is 2.87 bits per heavy atom. The summed E-state index contributed by atoms with van der Waals surface area (Å²) in [5.74, 6) is -0.350. The summed E-state index contributed by atoms with van der Waals surface area (Å²) >= 11 is 5.91. The molecule has 0 saturated carbocycles. The Labute approximate surface area is 91.6 Å². The molecule has 0 aromatic heterocycles. The number of carbonyl (C=O) groups is 1. The molecule has 0 spiro atoms. The van der Waals surface area contributed by atoms with Gasteiger partial charge in [-0.05, 0) is 18.6 Å². The Balaban J connectivity index is 2.43. The van der Waals surface area contributed by atoms with Crippen LogP contribution in [0.4, 0.5) is 9.18 Å². The van der Waals surface area contributed by atoms with Crippen molar-refractivity contribution in [3.8, 4) is 0 Å². The molecule has 0 aliphatic carbocycles. The highest BCUT2D eigenvalue weighted by Gasteiger charge is 2.26. The standard InChI is InChI=1S/C10H10ClFN2O/c1-5-2-3-6(11)8(9(5)12)7-4-13-10(15)14-7/h2-3,7H,4H2,1H3,(H2,13,14,15)/t7-/m0/s1. The lowest BCUT2D eigenvalue weighted by Gasteiger charge is -2.13. The summed E-state index contributed by atoms with van der Waals surface area (Å²) in [4.78, 5) is 10.9. The van der Waals surface area contributed by atoms with E-state index in [9.17, 15) is 9.18 Å². The van der Waals surface area contributed by atoms with E-state index in [4.69, 9.17) is 11.6 Å². The molecule has 1 fully saturated rings. The van der Waals surface area contributed by atoms with Crippen LogP contribution in [0, 0.1) is 12.7 Å². The molecule has 1 atom stereocenters. The van der Waals surface area contributed by atoms with E-state index >= 15 is 0 Å². The van der Waals surface area contributed by atoms with Crippen molar-refractivity contribution in [1.29, 1.82) is 0 Å². The first-order valence-electron chi connectivity index (χ1n) is 4.58. The minimum absolute atomic E-state index is 0.294. The Hall–Kier alpha value is -1.29. The van der Waals surface area contributed by atoms with E-state index < -0.39 is 0 Å². The SMILES string of the molecule is Cc1ccc(Cl)c([C@@H]2CNC(=O)N2)c1F. The second-order valence-electron chi connectivity index (χ2n) is 3.50.